The molecule has 0 atom stereocenters. The molecule has 0 heterocycles. The Labute approximate surface area is 137 Å². The first-order chi connectivity index (χ1) is 10.6. The number of hydrogen-bond donors (Lipinski definition) is 0. The van der Waals surface area contributed by atoms with Crippen molar-refractivity contribution in [1.29, 1.82) is 0 Å². The van der Waals surface area contributed by atoms with Crippen molar-refractivity contribution in [2.75, 3.05) is 13.1 Å². The molecule has 0 radical (unpaired) electrons. The summed E-state index contributed by atoms with van der Waals surface area (Å²) in [4.78, 5) is 14.5. The lowest BCUT2D eigenvalue weighted by Gasteiger charge is -2.21. The van der Waals surface area contributed by atoms with Gasteiger partial charge in [-0.15, -0.1) is 0 Å². The smallest absolute Gasteiger partial charge is 0.253 e. The van der Waals surface area contributed by atoms with E-state index in [1.807, 2.05) is 30.9 Å². The van der Waals surface area contributed by atoms with Gasteiger partial charge in [-0.2, -0.15) is 0 Å². The van der Waals surface area contributed by atoms with Crippen LogP contribution in [0.3, 0.4) is 0 Å². The summed E-state index contributed by atoms with van der Waals surface area (Å²) in [5.74, 6) is 0.0790. The fourth-order valence-electron chi connectivity index (χ4n) is 2.48. The molecular formula is C19H22ClNO. The Morgan fingerprint density at radius 2 is 1.86 bits per heavy atom. The van der Waals surface area contributed by atoms with E-state index in [0.29, 0.717) is 10.6 Å². The maximum atomic E-state index is 12.6. The zero-order chi connectivity index (χ0) is 15.9. The topological polar surface area (TPSA) is 20.3 Å². The quantitative estimate of drug-likeness (QED) is 0.753. The number of rotatable bonds is 6. The van der Waals surface area contributed by atoms with Gasteiger partial charge in [-0.25, -0.2) is 0 Å². The Balaban J connectivity index is 1.95. The predicted molar refractivity (Wildman–Crippen MR) is 92.5 cm³/mol. The molecule has 3 heteroatoms. The number of carbonyl (C=O) groups excluding carboxylic acids is 1. The molecule has 0 saturated heterocycles. The van der Waals surface area contributed by atoms with E-state index < -0.39 is 0 Å². The van der Waals surface area contributed by atoms with Gasteiger partial charge in [0.05, 0.1) is 0 Å². The Kier molecular flexibility index (Phi) is 6.02. The molecule has 0 aliphatic rings. The highest BCUT2D eigenvalue weighted by Gasteiger charge is 2.14. The van der Waals surface area contributed by atoms with Crippen molar-refractivity contribution in [3.05, 3.63) is 70.2 Å². The van der Waals surface area contributed by atoms with Crippen LogP contribution in [0.2, 0.25) is 5.02 Å². The number of benzene rings is 2. The largest absolute Gasteiger partial charge is 0.339 e. The third-order valence-corrected chi connectivity index (χ3v) is 4.23. The van der Waals surface area contributed by atoms with Crippen molar-refractivity contribution in [2.24, 2.45) is 0 Å². The van der Waals surface area contributed by atoms with Crippen molar-refractivity contribution in [2.45, 2.75) is 26.7 Å². The van der Waals surface area contributed by atoms with Gasteiger partial charge in [0.2, 0.25) is 0 Å². The summed E-state index contributed by atoms with van der Waals surface area (Å²) in [5, 5.41) is 0.698. The summed E-state index contributed by atoms with van der Waals surface area (Å²) in [6.07, 6.45) is 1.96. The SMILES string of the molecule is CCN(CCCc1ccccc1)C(=O)c1ccc(Cl)c(C)c1. The van der Waals surface area contributed by atoms with E-state index in [9.17, 15) is 4.79 Å². The number of aryl methyl sites for hydroxylation is 2. The molecule has 2 nitrogen and oxygen atoms in total. The minimum Gasteiger partial charge on any atom is -0.339 e. The predicted octanol–water partition coefficient (Wildman–Crippen LogP) is 4.74. The van der Waals surface area contributed by atoms with Gasteiger partial charge in [0, 0.05) is 23.7 Å². The van der Waals surface area contributed by atoms with Gasteiger partial charge < -0.3 is 4.90 Å². The lowest BCUT2D eigenvalue weighted by atomic mass is 10.1. The van der Waals surface area contributed by atoms with Gasteiger partial charge in [0.25, 0.3) is 5.91 Å². The van der Waals surface area contributed by atoms with Gasteiger partial charge in [0.1, 0.15) is 0 Å². The standard InChI is InChI=1S/C19H22ClNO/c1-3-21(13-7-10-16-8-5-4-6-9-16)19(22)17-11-12-18(20)15(2)14-17/h4-6,8-9,11-12,14H,3,7,10,13H2,1-2H3. The van der Waals surface area contributed by atoms with Crippen LogP contribution in [-0.4, -0.2) is 23.9 Å². The van der Waals surface area contributed by atoms with Crippen LogP contribution < -0.4 is 0 Å². The minimum absolute atomic E-state index is 0.0790. The lowest BCUT2D eigenvalue weighted by Crippen LogP contribution is -2.32. The summed E-state index contributed by atoms with van der Waals surface area (Å²) >= 11 is 6.03. The van der Waals surface area contributed by atoms with E-state index in [-0.39, 0.29) is 5.91 Å². The Morgan fingerprint density at radius 1 is 1.14 bits per heavy atom. The first-order valence-electron chi connectivity index (χ1n) is 7.71. The van der Waals surface area contributed by atoms with E-state index in [1.54, 1.807) is 12.1 Å². The van der Waals surface area contributed by atoms with Crippen LogP contribution in [0.4, 0.5) is 0 Å². The molecule has 0 N–H and O–H groups in total. The first-order valence-corrected chi connectivity index (χ1v) is 8.09. The maximum Gasteiger partial charge on any atom is 0.253 e. The molecule has 2 aromatic rings. The molecule has 1 amide bonds. The fraction of sp³-hybridized carbons (Fsp3) is 0.316. The molecule has 0 spiro atoms. The monoisotopic (exact) mass is 315 g/mol. The van der Waals surface area contributed by atoms with Crippen molar-refractivity contribution < 1.29 is 4.79 Å². The second-order valence-corrected chi connectivity index (χ2v) is 5.85. The highest BCUT2D eigenvalue weighted by molar-refractivity contribution is 6.31. The van der Waals surface area contributed by atoms with Crippen LogP contribution in [0.15, 0.2) is 48.5 Å². The van der Waals surface area contributed by atoms with Gasteiger partial charge in [-0.3, -0.25) is 4.79 Å². The lowest BCUT2D eigenvalue weighted by molar-refractivity contribution is 0.0762. The zero-order valence-electron chi connectivity index (χ0n) is 13.2. The third-order valence-electron chi connectivity index (χ3n) is 3.81. The van der Waals surface area contributed by atoms with E-state index in [1.165, 1.54) is 5.56 Å². The number of hydrogen-bond acceptors (Lipinski definition) is 1. The van der Waals surface area contributed by atoms with Crippen LogP contribution in [0.5, 0.6) is 0 Å². The van der Waals surface area contributed by atoms with Crippen molar-refractivity contribution in [1.82, 2.24) is 4.90 Å². The summed E-state index contributed by atoms with van der Waals surface area (Å²) in [5.41, 5.74) is 2.96. The molecule has 0 bridgehead atoms. The molecule has 0 fully saturated rings. The third kappa shape index (κ3) is 4.35. The van der Waals surface area contributed by atoms with Crippen molar-refractivity contribution >= 4 is 17.5 Å². The average Bonchev–Trinajstić information content (AvgIpc) is 2.54. The van der Waals surface area contributed by atoms with Crippen LogP contribution >= 0.6 is 11.6 Å². The second kappa shape index (κ2) is 8.00. The van der Waals surface area contributed by atoms with E-state index in [2.05, 4.69) is 24.3 Å². The Morgan fingerprint density at radius 3 is 2.50 bits per heavy atom. The molecule has 0 aliphatic heterocycles. The van der Waals surface area contributed by atoms with Gasteiger partial charge >= 0.3 is 0 Å². The number of nitrogens with zero attached hydrogens (tertiary/aromatic N) is 1. The summed E-state index contributed by atoms with van der Waals surface area (Å²) in [7, 11) is 0. The maximum absolute atomic E-state index is 12.6. The summed E-state index contributed by atoms with van der Waals surface area (Å²) in [6.45, 7) is 5.43. The normalized spacial score (nSPS) is 10.5. The number of carbonyl (C=O) groups is 1. The average molecular weight is 316 g/mol. The Hall–Kier alpha value is -1.80. The Bertz CT molecular complexity index is 625. The first kappa shape index (κ1) is 16.6. The molecule has 116 valence electrons. The zero-order valence-corrected chi connectivity index (χ0v) is 13.9. The number of halogens is 1. The molecule has 22 heavy (non-hydrogen) atoms. The highest BCUT2D eigenvalue weighted by atomic mass is 35.5. The van der Waals surface area contributed by atoms with Gasteiger partial charge in [-0.1, -0.05) is 41.9 Å². The van der Waals surface area contributed by atoms with Crippen LogP contribution in [0.1, 0.15) is 34.8 Å². The molecular weight excluding hydrogens is 294 g/mol. The van der Waals surface area contributed by atoms with Crippen molar-refractivity contribution in [3.63, 3.8) is 0 Å². The molecule has 0 aliphatic carbocycles. The van der Waals surface area contributed by atoms with Crippen LogP contribution in [0, 0.1) is 6.92 Å². The van der Waals surface area contributed by atoms with Crippen LogP contribution in [0.25, 0.3) is 0 Å². The van der Waals surface area contributed by atoms with Crippen LogP contribution in [-0.2, 0) is 6.42 Å². The van der Waals surface area contributed by atoms with E-state index in [0.717, 1.165) is 31.5 Å². The number of amides is 1. The minimum atomic E-state index is 0.0790. The van der Waals surface area contributed by atoms with Gasteiger partial charge in [-0.05, 0) is 56.0 Å². The molecule has 0 aromatic heterocycles. The molecule has 0 saturated carbocycles. The summed E-state index contributed by atoms with van der Waals surface area (Å²) in [6, 6.07) is 15.8. The van der Waals surface area contributed by atoms with Gasteiger partial charge in [0.15, 0.2) is 0 Å². The molecule has 0 unspecified atom stereocenters. The highest BCUT2D eigenvalue weighted by Crippen LogP contribution is 2.17. The van der Waals surface area contributed by atoms with Crippen molar-refractivity contribution in [3.8, 4) is 0 Å². The summed E-state index contributed by atoms with van der Waals surface area (Å²) < 4.78 is 0. The fourth-order valence-corrected chi connectivity index (χ4v) is 2.60. The van der Waals surface area contributed by atoms with E-state index >= 15 is 0 Å². The molecule has 2 aromatic carbocycles. The molecule has 2 rings (SSSR count). The second-order valence-electron chi connectivity index (χ2n) is 5.44. The van der Waals surface area contributed by atoms with E-state index in [4.69, 9.17) is 11.6 Å².